The quantitative estimate of drug-likeness (QED) is 0.0752. The predicted octanol–water partition coefficient (Wildman–Crippen LogP) is 8.86. The van der Waals surface area contributed by atoms with Crippen molar-refractivity contribution in [2.45, 2.75) is 63.8 Å². The summed E-state index contributed by atoms with van der Waals surface area (Å²) in [5.41, 5.74) is -2.92. The Morgan fingerprint density at radius 2 is 1.11 bits per heavy atom. The number of nitrogens with one attached hydrogen (secondary N) is 2. The molecule has 2 N–H and O–H groups in total. The number of ether oxygens (including phenoxy) is 3. The molecule has 65 heavy (non-hydrogen) atoms. The van der Waals surface area contributed by atoms with E-state index in [1.54, 1.807) is 31.6 Å². The summed E-state index contributed by atoms with van der Waals surface area (Å²) in [5, 5.41) is 14.7. The number of esters is 2. The molecule has 6 aromatic rings. The first kappa shape index (κ1) is 45.4. The highest BCUT2D eigenvalue weighted by atomic mass is 19.4. The van der Waals surface area contributed by atoms with Crippen molar-refractivity contribution >= 4 is 41.3 Å². The van der Waals surface area contributed by atoms with Crippen molar-refractivity contribution in [2.24, 2.45) is 0 Å². The normalized spacial score (nSPS) is 15.6. The summed E-state index contributed by atoms with van der Waals surface area (Å²) in [5.74, 6) is -1.69. The number of hydrogen-bond donors (Lipinski definition) is 2. The summed E-state index contributed by atoms with van der Waals surface area (Å²) in [6.07, 6.45) is -3.14. The second-order valence-corrected chi connectivity index (χ2v) is 15.5. The zero-order valence-electron chi connectivity index (χ0n) is 35.1. The molecular formula is C42H39F6N11O6. The van der Waals surface area contributed by atoms with E-state index in [2.05, 4.69) is 50.2 Å². The molecule has 17 nitrogen and oxygen atoms in total. The number of carbonyl (C=O) groups excluding carboxylic acids is 3. The number of amides is 1. The number of aromatic nitrogens is 8. The van der Waals surface area contributed by atoms with Crippen molar-refractivity contribution in [1.29, 1.82) is 0 Å². The first-order valence-corrected chi connectivity index (χ1v) is 19.6. The number of rotatable bonds is 10. The highest BCUT2D eigenvalue weighted by molar-refractivity contribution is 5.90. The first-order valence-electron chi connectivity index (χ1n) is 19.6. The predicted molar refractivity (Wildman–Crippen MR) is 219 cm³/mol. The van der Waals surface area contributed by atoms with Gasteiger partial charge >= 0.3 is 30.4 Å². The number of benzene rings is 2. The lowest BCUT2D eigenvalue weighted by Gasteiger charge is -2.39. The van der Waals surface area contributed by atoms with Crippen LogP contribution in [-0.2, 0) is 26.6 Å². The fourth-order valence-electron chi connectivity index (χ4n) is 6.88. The fourth-order valence-corrected chi connectivity index (χ4v) is 6.88. The minimum absolute atomic E-state index is 0.0601. The lowest BCUT2D eigenvalue weighted by Crippen LogP contribution is -2.46. The Morgan fingerprint density at radius 1 is 0.662 bits per heavy atom. The molecule has 0 bridgehead atoms. The molecule has 4 aromatic heterocycles. The third-order valence-corrected chi connectivity index (χ3v) is 9.92. The molecule has 2 aromatic carbocycles. The number of likely N-dealkylation sites (tertiary alicyclic amines) is 1. The van der Waals surface area contributed by atoms with Gasteiger partial charge in [-0.15, -0.1) is 0 Å². The van der Waals surface area contributed by atoms with E-state index in [0.717, 1.165) is 0 Å². The van der Waals surface area contributed by atoms with Gasteiger partial charge in [-0.3, -0.25) is 9.58 Å². The minimum Gasteiger partial charge on any atom is -0.465 e. The molecule has 0 spiro atoms. The van der Waals surface area contributed by atoms with Crippen LogP contribution in [0.3, 0.4) is 0 Å². The molecule has 0 saturated carbocycles. The molecule has 0 radical (unpaired) electrons. The number of halogens is 6. The zero-order chi connectivity index (χ0) is 46.8. The largest absolute Gasteiger partial charge is 0.465 e. The van der Waals surface area contributed by atoms with Gasteiger partial charge in [0.25, 0.3) is 0 Å². The molecule has 340 valence electrons. The first-order chi connectivity index (χ1) is 30.7. The third-order valence-electron chi connectivity index (χ3n) is 9.92. The van der Waals surface area contributed by atoms with Gasteiger partial charge in [-0.2, -0.15) is 36.5 Å². The Bertz CT molecular complexity index is 2700. The number of carbonyl (C=O) groups is 3. The Labute approximate surface area is 365 Å². The van der Waals surface area contributed by atoms with Crippen LogP contribution in [0, 0.1) is 0 Å². The Kier molecular flexibility index (Phi) is 12.5. The van der Waals surface area contributed by atoms with Gasteiger partial charge in [0.1, 0.15) is 22.9 Å². The van der Waals surface area contributed by atoms with Crippen LogP contribution in [-0.4, -0.2) is 88.8 Å². The smallest absolute Gasteiger partial charge is 0.419 e. The second-order valence-electron chi connectivity index (χ2n) is 15.5. The lowest BCUT2D eigenvalue weighted by molar-refractivity contribution is -0.138. The second kappa shape index (κ2) is 17.9. The van der Waals surface area contributed by atoms with Gasteiger partial charge in [-0.25, -0.2) is 39.0 Å². The molecule has 1 amide bonds. The Balaban J connectivity index is 1.13. The van der Waals surface area contributed by atoms with Crippen LogP contribution >= 0.6 is 0 Å². The van der Waals surface area contributed by atoms with Crippen molar-refractivity contribution in [3.05, 3.63) is 108 Å². The van der Waals surface area contributed by atoms with E-state index in [1.165, 1.54) is 90.9 Å². The van der Waals surface area contributed by atoms with Crippen LogP contribution in [0.25, 0.3) is 22.5 Å². The van der Waals surface area contributed by atoms with Gasteiger partial charge < -0.3 is 24.8 Å². The maximum Gasteiger partial charge on any atom is 0.419 e. The van der Waals surface area contributed by atoms with Crippen molar-refractivity contribution in [3.8, 4) is 22.5 Å². The number of hydrogen-bond acceptors (Lipinski definition) is 14. The average molecular weight is 908 g/mol. The molecule has 2 unspecified atom stereocenters. The lowest BCUT2D eigenvalue weighted by atomic mass is 10.0. The Hall–Kier alpha value is -7.59. The van der Waals surface area contributed by atoms with Gasteiger partial charge in [0.2, 0.25) is 11.9 Å². The minimum atomic E-state index is -4.81. The maximum absolute atomic E-state index is 14.1. The van der Waals surface area contributed by atoms with E-state index in [9.17, 15) is 40.7 Å². The maximum atomic E-state index is 14.1. The number of piperidine rings is 1. The van der Waals surface area contributed by atoms with Crippen LogP contribution < -0.4 is 10.6 Å². The molecule has 1 saturated heterocycles. The topological polar surface area (TPSA) is 193 Å². The van der Waals surface area contributed by atoms with Crippen molar-refractivity contribution < 1.29 is 54.9 Å². The highest BCUT2D eigenvalue weighted by Gasteiger charge is 2.39. The standard InChI is InChI=1S/C42H39F6N11O6/c1-40(2,3)65-39(62)57-15-14-29(58-21-27(17-51-58)53-37-49-19-30(41(43,44)45)33(55-37)23-6-10-25(11-7-23)35(60)63-4)16-32(57)59-22-28(18-52-59)54-38-50-20-31(42(46,47)48)34(56-38)24-8-12-26(13-9-24)36(61)64-5/h6-13,17-22,29,32H,14-16H2,1-5H3,(H,49,53,55)(H,50,54,56). The number of alkyl halides is 6. The van der Waals surface area contributed by atoms with Crippen LogP contribution in [0.2, 0.25) is 0 Å². The van der Waals surface area contributed by atoms with Crippen LogP contribution in [0.1, 0.15) is 77.7 Å². The average Bonchev–Trinajstić information content (AvgIpc) is 3.94. The van der Waals surface area contributed by atoms with Gasteiger partial charge in [0.05, 0.1) is 72.7 Å². The van der Waals surface area contributed by atoms with E-state index in [4.69, 9.17) is 4.74 Å². The van der Waals surface area contributed by atoms with Crippen molar-refractivity contribution in [1.82, 2.24) is 44.4 Å². The molecule has 1 fully saturated rings. The SMILES string of the molecule is COC(=O)c1ccc(-c2nc(Nc3cnn(C4CCN(C(=O)OC(C)(C)C)C(n5cc(Nc6ncc(C(F)(F)F)c(-c7ccc(C(=O)OC)cc7)n6)cn5)C4)c3)ncc2C(F)(F)F)cc1. The van der Waals surface area contributed by atoms with Gasteiger partial charge in [-0.1, -0.05) is 24.3 Å². The molecule has 23 heteroatoms. The van der Waals surface area contributed by atoms with Gasteiger partial charge in [0, 0.05) is 42.7 Å². The summed E-state index contributed by atoms with van der Waals surface area (Å²) >= 11 is 0. The molecule has 1 aliphatic heterocycles. The molecule has 7 rings (SSSR count). The molecule has 5 heterocycles. The highest BCUT2D eigenvalue weighted by Crippen LogP contribution is 2.39. The fraction of sp³-hybridized carbons (Fsp3) is 0.310. The molecule has 2 atom stereocenters. The summed E-state index contributed by atoms with van der Waals surface area (Å²) in [4.78, 5) is 55.0. The van der Waals surface area contributed by atoms with E-state index in [0.29, 0.717) is 24.5 Å². The van der Waals surface area contributed by atoms with E-state index < -0.39 is 64.7 Å². The molecular weight excluding hydrogens is 869 g/mol. The third kappa shape index (κ3) is 10.5. The monoisotopic (exact) mass is 907 g/mol. The van der Waals surface area contributed by atoms with Gasteiger partial charge in [0.15, 0.2) is 0 Å². The van der Waals surface area contributed by atoms with Crippen LogP contribution in [0.5, 0.6) is 0 Å². The molecule has 1 aliphatic rings. The van der Waals surface area contributed by atoms with Gasteiger partial charge in [-0.05, 0) is 51.5 Å². The number of nitrogens with zero attached hydrogens (tertiary/aromatic N) is 9. The summed E-state index contributed by atoms with van der Waals surface area (Å²) in [6, 6.07) is 10.2. The summed E-state index contributed by atoms with van der Waals surface area (Å²) < 4.78 is 103. The van der Waals surface area contributed by atoms with E-state index in [-0.39, 0.29) is 58.8 Å². The summed E-state index contributed by atoms with van der Waals surface area (Å²) in [6.45, 7) is 5.33. The Morgan fingerprint density at radius 3 is 1.54 bits per heavy atom. The van der Waals surface area contributed by atoms with Crippen LogP contribution in [0.15, 0.2) is 85.7 Å². The number of methoxy groups -OCH3 is 2. The summed E-state index contributed by atoms with van der Waals surface area (Å²) in [7, 11) is 2.36. The van der Waals surface area contributed by atoms with Crippen molar-refractivity contribution in [2.75, 3.05) is 31.4 Å². The van der Waals surface area contributed by atoms with E-state index >= 15 is 0 Å². The van der Waals surface area contributed by atoms with E-state index in [1.807, 2.05) is 0 Å². The number of anilines is 4. The van der Waals surface area contributed by atoms with Crippen molar-refractivity contribution in [3.63, 3.8) is 0 Å². The molecule has 0 aliphatic carbocycles. The zero-order valence-corrected chi connectivity index (χ0v) is 35.1. The van der Waals surface area contributed by atoms with Crippen LogP contribution in [0.4, 0.5) is 54.4 Å².